The molecule has 0 aliphatic rings. The molecule has 0 aliphatic heterocycles. The molecule has 0 spiro atoms. The van der Waals surface area contributed by atoms with Gasteiger partial charge >= 0.3 is 5.97 Å². The lowest BCUT2D eigenvalue weighted by molar-refractivity contribution is 0.0697. The topological polar surface area (TPSA) is 110 Å². The standard InChI is InChI=1S/C14H11NO5/c16-11-6-5-10(12(17)13(11)18)15-7-8-1-3-9(4-2-8)14(19)20/h1-7,16-18H,(H,19,20). The Kier molecular flexibility index (Phi) is 3.56. The third kappa shape index (κ3) is 2.69. The van der Waals surface area contributed by atoms with Crippen molar-refractivity contribution in [3.63, 3.8) is 0 Å². The summed E-state index contributed by atoms with van der Waals surface area (Å²) in [5.41, 5.74) is 0.872. The second-order valence-electron chi connectivity index (χ2n) is 3.99. The van der Waals surface area contributed by atoms with Crippen molar-refractivity contribution in [3.8, 4) is 17.2 Å². The number of rotatable bonds is 3. The van der Waals surface area contributed by atoms with E-state index in [1.165, 1.54) is 30.5 Å². The monoisotopic (exact) mass is 273 g/mol. The summed E-state index contributed by atoms with van der Waals surface area (Å²) in [6.45, 7) is 0. The van der Waals surface area contributed by atoms with Crippen LogP contribution in [-0.4, -0.2) is 32.6 Å². The van der Waals surface area contributed by atoms with Crippen molar-refractivity contribution in [1.82, 2.24) is 0 Å². The Morgan fingerprint density at radius 2 is 1.60 bits per heavy atom. The molecule has 0 unspecified atom stereocenters. The molecule has 6 heteroatoms. The number of phenols is 3. The first-order valence-corrected chi connectivity index (χ1v) is 5.60. The van der Waals surface area contributed by atoms with Crippen LogP contribution < -0.4 is 0 Å². The van der Waals surface area contributed by atoms with Gasteiger partial charge in [-0.1, -0.05) is 12.1 Å². The molecule has 0 aliphatic carbocycles. The summed E-state index contributed by atoms with van der Waals surface area (Å²) < 4.78 is 0. The SMILES string of the molecule is O=C(O)c1ccc(C=Nc2ccc(O)c(O)c2O)cc1. The first-order valence-electron chi connectivity index (χ1n) is 5.60. The van der Waals surface area contributed by atoms with Crippen LogP contribution in [0.4, 0.5) is 5.69 Å². The number of hydrogen-bond donors (Lipinski definition) is 4. The van der Waals surface area contributed by atoms with Crippen LogP contribution >= 0.6 is 0 Å². The van der Waals surface area contributed by atoms with Crippen molar-refractivity contribution in [3.05, 3.63) is 47.5 Å². The number of carboxylic acid groups (broad SMARTS) is 1. The van der Waals surface area contributed by atoms with Gasteiger partial charge in [-0.15, -0.1) is 0 Å². The van der Waals surface area contributed by atoms with E-state index in [2.05, 4.69) is 4.99 Å². The highest BCUT2D eigenvalue weighted by atomic mass is 16.4. The molecule has 20 heavy (non-hydrogen) atoms. The van der Waals surface area contributed by atoms with Gasteiger partial charge in [-0.2, -0.15) is 0 Å². The van der Waals surface area contributed by atoms with Crippen molar-refractivity contribution in [2.75, 3.05) is 0 Å². The van der Waals surface area contributed by atoms with Gasteiger partial charge in [0.25, 0.3) is 0 Å². The van der Waals surface area contributed by atoms with Crippen molar-refractivity contribution in [2.24, 2.45) is 4.99 Å². The molecule has 0 saturated carbocycles. The summed E-state index contributed by atoms with van der Waals surface area (Å²) in [6, 6.07) is 8.52. The number of benzene rings is 2. The summed E-state index contributed by atoms with van der Waals surface area (Å²) in [5, 5.41) is 36.8. The number of aliphatic imine (C=N–C) groups is 1. The molecule has 6 nitrogen and oxygen atoms in total. The van der Waals surface area contributed by atoms with Gasteiger partial charge in [-0.3, -0.25) is 4.99 Å². The molecule has 0 saturated heterocycles. The molecule has 0 atom stereocenters. The average molecular weight is 273 g/mol. The van der Waals surface area contributed by atoms with Crippen molar-refractivity contribution in [2.45, 2.75) is 0 Å². The van der Waals surface area contributed by atoms with E-state index in [-0.39, 0.29) is 11.3 Å². The lowest BCUT2D eigenvalue weighted by Gasteiger charge is -2.03. The second kappa shape index (κ2) is 5.31. The number of nitrogens with zero attached hydrogens (tertiary/aromatic N) is 1. The number of aromatic hydroxyl groups is 3. The second-order valence-corrected chi connectivity index (χ2v) is 3.99. The van der Waals surface area contributed by atoms with Gasteiger partial charge in [-0.25, -0.2) is 4.79 Å². The fraction of sp³-hybridized carbons (Fsp3) is 0. The maximum Gasteiger partial charge on any atom is 0.335 e. The van der Waals surface area contributed by atoms with Gasteiger partial charge in [0.2, 0.25) is 5.75 Å². The summed E-state index contributed by atoms with van der Waals surface area (Å²) in [7, 11) is 0. The molecular weight excluding hydrogens is 262 g/mol. The number of phenolic OH excluding ortho intramolecular Hbond substituents is 3. The Balaban J connectivity index is 2.25. The van der Waals surface area contributed by atoms with E-state index in [9.17, 15) is 20.1 Å². The fourth-order valence-electron chi connectivity index (χ4n) is 1.52. The zero-order chi connectivity index (χ0) is 14.7. The molecule has 0 fully saturated rings. The zero-order valence-corrected chi connectivity index (χ0v) is 10.2. The first kappa shape index (κ1) is 13.4. The van der Waals surface area contributed by atoms with E-state index in [1.54, 1.807) is 12.1 Å². The number of carboxylic acids is 1. The van der Waals surface area contributed by atoms with Gasteiger partial charge in [0, 0.05) is 6.21 Å². The van der Waals surface area contributed by atoms with Gasteiger partial charge in [0.1, 0.15) is 5.69 Å². The highest BCUT2D eigenvalue weighted by molar-refractivity contribution is 5.89. The lowest BCUT2D eigenvalue weighted by atomic mass is 10.1. The van der Waals surface area contributed by atoms with Gasteiger partial charge in [0.15, 0.2) is 11.5 Å². The van der Waals surface area contributed by atoms with E-state index >= 15 is 0 Å². The lowest BCUT2D eigenvalue weighted by Crippen LogP contribution is -1.95. The molecule has 2 rings (SSSR count). The van der Waals surface area contributed by atoms with E-state index in [4.69, 9.17) is 5.11 Å². The van der Waals surface area contributed by atoms with E-state index in [1.807, 2.05) is 0 Å². The fourth-order valence-corrected chi connectivity index (χ4v) is 1.52. The van der Waals surface area contributed by atoms with Crippen molar-refractivity contribution in [1.29, 1.82) is 0 Å². The minimum Gasteiger partial charge on any atom is -0.504 e. The molecular formula is C14H11NO5. The summed E-state index contributed by atoms with van der Waals surface area (Å²) >= 11 is 0. The summed E-state index contributed by atoms with van der Waals surface area (Å²) in [6.07, 6.45) is 1.40. The molecule has 2 aromatic carbocycles. The maximum absolute atomic E-state index is 10.7. The third-order valence-corrected chi connectivity index (χ3v) is 2.62. The minimum absolute atomic E-state index is 0.0858. The molecule has 0 amide bonds. The Morgan fingerprint density at radius 3 is 2.20 bits per heavy atom. The first-order chi connectivity index (χ1) is 9.49. The van der Waals surface area contributed by atoms with E-state index in [0.29, 0.717) is 5.56 Å². The van der Waals surface area contributed by atoms with Gasteiger partial charge < -0.3 is 20.4 Å². The zero-order valence-electron chi connectivity index (χ0n) is 10.2. The largest absolute Gasteiger partial charge is 0.504 e. The Hall–Kier alpha value is -3.02. The Bertz CT molecular complexity index is 677. The van der Waals surface area contributed by atoms with Gasteiger partial charge in [-0.05, 0) is 29.8 Å². The summed E-state index contributed by atoms with van der Waals surface area (Å²) in [5.74, 6) is -2.62. The van der Waals surface area contributed by atoms with Crippen molar-refractivity contribution >= 4 is 17.9 Å². The smallest absolute Gasteiger partial charge is 0.335 e. The predicted octanol–water partition coefficient (Wildman–Crippen LogP) is 2.25. The summed E-state index contributed by atoms with van der Waals surface area (Å²) in [4.78, 5) is 14.6. The van der Waals surface area contributed by atoms with Crippen LogP contribution in [0.25, 0.3) is 0 Å². The van der Waals surface area contributed by atoms with Crippen LogP contribution in [0.5, 0.6) is 17.2 Å². The van der Waals surface area contributed by atoms with Crippen LogP contribution in [0.1, 0.15) is 15.9 Å². The molecule has 4 N–H and O–H groups in total. The molecule has 102 valence electrons. The Morgan fingerprint density at radius 1 is 0.950 bits per heavy atom. The number of hydrogen-bond acceptors (Lipinski definition) is 5. The van der Waals surface area contributed by atoms with Crippen molar-refractivity contribution < 1.29 is 25.2 Å². The van der Waals surface area contributed by atoms with Crippen LogP contribution in [0.15, 0.2) is 41.4 Å². The average Bonchev–Trinajstić information content (AvgIpc) is 2.44. The van der Waals surface area contributed by atoms with Crippen LogP contribution in [0.3, 0.4) is 0 Å². The number of aromatic carboxylic acids is 1. The molecule has 0 radical (unpaired) electrons. The van der Waals surface area contributed by atoms with E-state index < -0.39 is 23.2 Å². The quantitative estimate of drug-likeness (QED) is 0.506. The number of carbonyl (C=O) groups is 1. The van der Waals surface area contributed by atoms with Gasteiger partial charge in [0.05, 0.1) is 5.56 Å². The normalized spacial score (nSPS) is 10.8. The van der Waals surface area contributed by atoms with E-state index in [0.717, 1.165) is 0 Å². The maximum atomic E-state index is 10.7. The predicted molar refractivity (Wildman–Crippen MR) is 72.1 cm³/mol. The molecule has 0 aromatic heterocycles. The van der Waals surface area contributed by atoms with Crippen LogP contribution in [0, 0.1) is 0 Å². The minimum atomic E-state index is -1.02. The molecule has 0 heterocycles. The molecule has 2 aromatic rings. The Labute approximate surface area is 113 Å². The van der Waals surface area contributed by atoms with Crippen LogP contribution in [0.2, 0.25) is 0 Å². The highest BCUT2D eigenvalue weighted by Gasteiger charge is 2.09. The molecule has 0 bridgehead atoms. The third-order valence-electron chi connectivity index (χ3n) is 2.62. The highest BCUT2D eigenvalue weighted by Crippen LogP contribution is 2.41. The van der Waals surface area contributed by atoms with Crippen LogP contribution in [-0.2, 0) is 0 Å².